The molecule has 1 aliphatic rings. The Balaban J connectivity index is 1.45. The van der Waals surface area contributed by atoms with Crippen LogP contribution in [0, 0.1) is 13.8 Å². The van der Waals surface area contributed by atoms with Crippen LogP contribution in [0.3, 0.4) is 0 Å². The predicted octanol–water partition coefficient (Wildman–Crippen LogP) is 4.88. The molecule has 7 nitrogen and oxygen atoms in total. The third-order valence-corrected chi connectivity index (χ3v) is 9.65. The topological polar surface area (TPSA) is 79.8 Å². The van der Waals surface area contributed by atoms with Crippen molar-refractivity contribution in [1.29, 1.82) is 0 Å². The highest BCUT2D eigenvalue weighted by Gasteiger charge is 2.22. The molecule has 2 aromatic carbocycles. The summed E-state index contributed by atoms with van der Waals surface area (Å²) in [4.78, 5) is 22.5. The van der Waals surface area contributed by atoms with Crippen LogP contribution in [-0.2, 0) is 19.4 Å². The molecule has 1 saturated heterocycles. The fraction of sp³-hybridized carbons (Fsp3) is 0.462. The van der Waals surface area contributed by atoms with Crippen molar-refractivity contribution in [2.75, 3.05) is 50.0 Å². The number of ether oxygens (including phenoxy) is 1. The number of morpholine rings is 1. The van der Waals surface area contributed by atoms with Gasteiger partial charge in [-0.2, -0.15) is 0 Å². The molecule has 194 valence electrons. The number of hydrogen-bond acceptors (Lipinski definition) is 7. The molecule has 1 amide bonds. The van der Waals surface area contributed by atoms with E-state index in [9.17, 15) is 13.2 Å². The monoisotopic (exact) mass is 549 g/mol. The second kappa shape index (κ2) is 12.0. The summed E-state index contributed by atoms with van der Waals surface area (Å²) in [6.45, 7) is 8.79. The van der Waals surface area contributed by atoms with E-state index in [0.717, 1.165) is 60.6 Å². The first-order valence-electron chi connectivity index (χ1n) is 12.2. The molecule has 0 radical (unpaired) electrons. The quantitative estimate of drug-likeness (QED) is 0.359. The minimum Gasteiger partial charge on any atom is -0.379 e. The number of carbonyl (C=O) groups excluding carboxylic acids is 1. The molecule has 2 heterocycles. The summed E-state index contributed by atoms with van der Waals surface area (Å²) in [5.41, 5.74) is 3.20. The number of carbonyl (C=O) groups is 1. The van der Waals surface area contributed by atoms with Crippen molar-refractivity contribution in [1.82, 2.24) is 9.88 Å². The van der Waals surface area contributed by atoms with Crippen molar-refractivity contribution in [3.05, 3.63) is 52.5 Å². The maximum Gasteiger partial charge on any atom is 0.228 e. The number of nitrogens with zero attached hydrogens (tertiary/aromatic N) is 3. The van der Waals surface area contributed by atoms with Gasteiger partial charge in [0.05, 0.1) is 34.1 Å². The average Bonchev–Trinajstić information content (AvgIpc) is 3.29. The van der Waals surface area contributed by atoms with Gasteiger partial charge >= 0.3 is 0 Å². The largest absolute Gasteiger partial charge is 0.379 e. The highest BCUT2D eigenvalue weighted by Crippen LogP contribution is 2.32. The summed E-state index contributed by atoms with van der Waals surface area (Å²) < 4.78 is 31.9. The van der Waals surface area contributed by atoms with Gasteiger partial charge < -0.3 is 4.74 Å². The lowest BCUT2D eigenvalue weighted by atomic mass is 10.1. The number of benzene rings is 2. The van der Waals surface area contributed by atoms with E-state index in [-0.39, 0.29) is 29.4 Å². The first kappa shape index (κ1) is 27.0. The van der Waals surface area contributed by atoms with Crippen LogP contribution in [0.15, 0.2) is 41.3 Å². The van der Waals surface area contributed by atoms with Crippen molar-refractivity contribution >= 4 is 54.0 Å². The third-order valence-electron chi connectivity index (χ3n) is 6.54. The Morgan fingerprint density at radius 3 is 2.56 bits per heavy atom. The summed E-state index contributed by atoms with van der Waals surface area (Å²) in [5, 5.41) is 1.16. The smallest absolute Gasteiger partial charge is 0.228 e. The number of anilines is 1. The molecule has 0 saturated carbocycles. The second-order valence-corrected chi connectivity index (χ2v) is 12.6. The lowest BCUT2D eigenvalue weighted by molar-refractivity contribution is -0.118. The van der Waals surface area contributed by atoms with E-state index in [1.807, 2.05) is 13.0 Å². The molecule has 0 unspecified atom stereocenters. The highest BCUT2D eigenvalue weighted by molar-refractivity contribution is 7.91. The lowest BCUT2D eigenvalue weighted by Crippen LogP contribution is -2.39. The molecular formula is C26H32ClN3O4S2. The van der Waals surface area contributed by atoms with Gasteiger partial charge in [0.15, 0.2) is 15.0 Å². The van der Waals surface area contributed by atoms with Gasteiger partial charge in [0, 0.05) is 37.6 Å². The molecule has 36 heavy (non-hydrogen) atoms. The Labute approximate surface area is 221 Å². The number of hydrogen-bond donors (Lipinski definition) is 0. The van der Waals surface area contributed by atoms with E-state index >= 15 is 0 Å². The maximum absolute atomic E-state index is 13.4. The van der Waals surface area contributed by atoms with Crippen LogP contribution in [0.1, 0.15) is 30.4 Å². The van der Waals surface area contributed by atoms with Crippen molar-refractivity contribution in [2.45, 2.75) is 38.0 Å². The Hall–Kier alpha value is -2.04. The number of halogens is 1. The predicted molar refractivity (Wildman–Crippen MR) is 146 cm³/mol. The summed E-state index contributed by atoms with van der Waals surface area (Å²) in [6, 6.07) is 10.3. The normalized spacial score (nSPS) is 14.9. The first-order chi connectivity index (χ1) is 17.2. The number of sulfone groups is 1. The van der Waals surface area contributed by atoms with Gasteiger partial charge in [0.2, 0.25) is 5.91 Å². The van der Waals surface area contributed by atoms with E-state index in [1.165, 1.54) is 23.5 Å². The standard InChI is InChI=1S/C26H32ClN3O4S2/c1-19-6-11-23-25(20(19)2)28-26(35-23)30(13-4-12-29-14-16-34-17-15-29)24(31)5-3-18-36(32,33)22-9-7-21(27)8-10-22/h6-11H,3-5,12-18H2,1-2H3. The number of aryl methyl sites for hydroxylation is 2. The summed E-state index contributed by atoms with van der Waals surface area (Å²) in [5.74, 6) is -0.197. The van der Waals surface area contributed by atoms with Gasteiger partial charge in [0.25, 0.3) is 0 Å². The zero-order valence-corrected chi connectivity index (χ0v) is 23.1. The zero-order chi connectivity index (χ0) is 25.7. The number of rotatable bonds is 10. The zero-order valence-electron chi connectivity index (χ0n) is 20.7. The third kappa shape index (κ3) is 6.63. The number of thiazole rings is 1. The molecule has 0 spiro atoms. The molecule has 0 aliphatic carbocycles. The van der Waals surface area contributed by atoms with Gasteiger partial charge in [-0.05, 0) is 68.1 Å². The number of aromatic nitrogens is 1. The summed E-state index contributed by atoms with van der Waals surface area (Å²) in [7, 11) is -3.49. The van der Waals surface area contributed by atoms with Crippen molar-refractivity contribution in [2.24, 2.45) is 0 Å². The molecule has 0 N–H and O–H groups in total. The first-order valence-corrected chi connectivity index (χ1v) is 15.0. The molecule has 1 aliphatic heterocycles. The minimum absolute atomic E-state index is 0.0971. The van der Waals surface area contributed by atoms with Crippen LogP contribution in [0.2, 0.25) is 5.02 Å². The van der Waals surface area contributed by atoms with E-state index < -0.39 is 9.84 Å². The van der Waals surface area contributed by atoms with E-state index in [2.05, 4.69) is 17.9 Å². The van der Waals surface area contributed by atoms with Gasteiger partial charge in [0.1, 0.15) is 0 Å². The minimum atomic E-state index is -3.49. The van der Waals surface area contributed by atoms with E-state index in [0.29, 0.717) is 16.7 Å². The fourth-order valence-electron chi connectivity index (χ4n) is 4.24. The van der Waals surface area contributed by atoms with Crippen LogP contribution < -0.4 is 4.90 Å². The molecular weight excluding hydrogens is 518 g/mol. The summed E-state index contributed by atoms with van der Waals surface area (Å²) in [6.07, 6.45) is 1.19. The Kier molecular flexibility index (Phi) is 9.00. The summed E-state index contributed by atoms with van der Waals surface area (Å²) >= 11 is 7.39. The van der Waals surface area contributed by atoms with Crippen LogP contribution in [-0.4, -0.2) is 69.4 Å². The number of amides is 1. The second-order valence-electron chi connectivity index (χ2n) is 9.08. The van der Waals surface area contributed by atoms with Crippen molar-refractivity contribution in [3.8, 4) is 0 Å². The highest BCUT2D eigenvalue weighted by atomic mass is 35.5. The van der Waals surface area contributed by atoms with Crippen LogP contribution in [0.25, 0.3) is 10.2 Å². The Bertz CT molecular complexity index is 1300. The molecule has 4 rings (SSSR count). The SMILES string of the molecule is Cc1ccc2sc(N(CCCN3CCOCC3)C(=O)CCCS(=O)(=O)c3ccc(Cl)cc3)nc2c1C. The maximum atomic E-state index is 13.4. The van der Waals surface area contributed by atoms with Gasteiger partial charge in [-0.3, -0.25) is 14.6 Å². The Morgan fingerprint density at radius 2 is 1.83 bits per heavy atom. The van der Waals surface area contributed by atoms with Gasteiger partial charge in [-0.25, -0.2) is 13.4 Å². The van der Waals surface area contributed by atoms with Gasteiger partial charge in [-0.15, -0.1) is 0 Å². The van der Waals surface area contributed by atoms with Crippen molar-refractivity contribution in [3.63, 3.8) is 0 Å². The van der Waals surface area contributed by atoms with Crippen LogP contribution >= 0.6 is 22.9 Å². The molecule has 1 aromatic heterocycles. The molecule has 1 fully saturated rings. The number of fused-ring (bicyclic) bond motifs is 1. The van der Waals surface area contributed by atoms with Crippen LogP contribution in [0.4, 0.5) is 5.13 Å². The molecule has 3 aromatic rings. The van der Waals surface area contributed by atoms with E-state index in [4.69, 9.17) is 21.3 Å². The average molecular weight is 550 g/mol. The van der Waals surface area contributed by atoms with E-state index in [1.54, 1.807) is 17.0 Å². The molecule has 0 bridgehead atoms. The lowest BCUT2D eigenvalue weighted by Gasteiger charge is -2.27. The van der Waals surface area contributed by atoms with Gasteiger partial charge in [-0.1, -0.05) is 29.0 Å². The Morgan fingerprint density at radius 1 is 1.11 bits per heavy atom. The fourth-order valence-corrected chi connectivity index (χ4v) is 6.75. The van der Waals surface area contributed by atoms with Crippen molar-refractivity contribution < 1.29 is 17.9 Å². The van der Waals surface area contributed by atoms with Crippen LogP contribution in [0.5, 0.6) is 0 Å². The molecule has 10 heteroatoms. The molecule has 0 atom stereocenters.